The number of nitrogens with zero attached hydrogens (tertiary/aromatic N) is 1. The van der Waals surface area contributed by atoms with Crippen LogP contribution in [0, 0.1) is 0 Å². The Morgan fingerprint density at radius 2 is 1.88 bits per heavy atom. The number of rotatable bonds is 8. The molecule has 0 rings (SSSR count). The molecule has 0 aromatic rings. The number of nitrogens with two attached hydrogens (primary N) is 1. The van der Waals surface area contributed by atoms with Gasteiger partial charge in [-0.3, -0.25) is 4.79 Å². The van der Waals surface area contributed by atoms with Gasteiger partial charge in [-0.1, -0.05) is 13.8 Å². The zero-order chi connectivity index (χ0) is 13.5. The molecule has 0 aliphatic rings. The molecule has 0 aliphatic heterocycles. The molecule has 0 spiro atoms. The van der Waals surface area contributed by atoms with E-state index in [-0.39, 0.29) is 6.04 Å². The lowest BCUT2D eigenvalue weighted by molar-refractivity contribution is -0.118. The summed E-state index contributed by atoms with van der Waals surface area (Å²) in [5.41, 5.74) is 5.52. The third-order valence-corrected chi connectivity index (χ3v) is 4.26. The van der Waals surface area contributed by atoms with Crippen molar-refractivity contribution in [3.8, 4) is 0 Å². The molecule has 17 heavy (non-hydrogen) atoms. The molecular formula is C10H23N3O3S. The molecule has 0 aromatic heterocycles. The van der Waals surface area contributed by atoms with E-state index in [2.05, 4.69) is 5.32 Å². The Morgan fingerprint density at radius 1 is 1.35 bits per heavy atom. The lowest BCUT2D eigenvalue weighted by atomic mass is 10.2. The van der Waals surface area contributed by atoms with Crippen LogP contribution in [0.25, 0.3) is 0 Å². The fraction of sp³-hybridized carbons (Fsp3) is 0.900. The molecule has 0 radical (unpaired) electrons. The number of hydrogen-bond donors (Lipinski definition) is 2. The van der Waals surface area contributed by atoms with Crippen molar-refractivity contribution >= 4 is 15.9 Å². The highest BCUT2D eigenvalue weighted by Crippen LogP contribution is 2.00. The van der Waals surface area contributed by atoms with Crippen molar-refractivity contribution in [2.45, 2.75) is 33.2 Å². The minimum Gasteiger partial charge on any atom is -0.355 e. The van der Waals surface area contributed by atoms with Crippen molar-refractivity contribution in [3.63, 3.8) is 0 Å². The quantitative estimate of drug-likeness (QED) is 0.619. The second kappa shape index (κ2) is 7.62. The molecule has 1 atom stereocenters. The zero-order valence-corrected chi connectivity index (χ0v) is 11.6. The Kier molecular flexibility index (Phi) is 7.33. The zero-order valence-electron chi connectivity index (χ0n) is 10.8. The standard InChI is InChI=1S/C10H23N3O3S/c1-4-13(5-2)17(15,16)8-10(14)12-7-6-9(3)11/h9H,4-8,11H2,1-3H3,(H,12,14). The van der Waals surface area contributed by atoms with E-state index >= 15 is 0 Å². The first-order chi connectivity index (χ1) is 7.83. The number of carbonyl (C=O) groups is 1. The summed E-state index contributed by atoms with van der Waals surface area (Å²) in [5.74, 6) is -0.967. The second-order valence-corrected chi connectivity index (χ2v) is 5.93. The van der Waals surface area contributed by atoms with E-state index in [0.29, 0.717) is 26.1 Å². The molecule has 3 N–H and O–H groups in total. The molecule has 0 aliphatic carbocycles. The van der Waals surface area contributed by atoms with Gasteiger partial charge in [0.15, 0.2) is 0 Å². The van der Waals surface area contributed by atoms with Gasteiger partial charge in [-0.05, 0) is 13.3 Å². The van der Waals surface area contributed by atoms with Gasteiger partial charge in [0.25, 0.3) is 0 Å². The Labute approximate surface area is 104 Å². The van der Waals surface area contributed by atoms with Crippen LogP contribution < -0.4 is 11.1 Å². The fourth-order valence-corrected chi connectivity index (χ4v) is 2.77. The lowest BCUT2D eigenvalue weighted by Gasteiger charge is -2.18. The minimum atomic E-state index is -3.48. The maximum atomic E-state index is 11.7. The summed E-state index contributed by atoms with van der Waals surface area (Å²) in [6, 6.07) is -0.00492. The monoisotopic (exact) mass is 265 g/mol. The number of nitrogens with one attached hydrogen (secondary N) is 1. The predicted octanol–water partition coefficient (Wildman–Crippen LogP) is -0.488. The van der Waals surface area contributed by atoms with E-state index in [4.69, 9.17) is 5.73 Å². The van der Waals surface area contributed by atoms with Gasteiger partial charge in [-0.15, -0.1) is 0 Å². The van der Waals surface area contributed by atoms with Gasteiger partial charge < -0.3 is 11.1 Å². The summed E-state index contributed by atoms with van der Waals surface area (Å²) < 4.78 is 24.8. The third-order valence-electron chi connectivity index (χ3n) is 2.33. The third kappa shape index (κ3) is 6.60. The van der Waals surface area contributed by atoms with Gasteiger partial charge in [0.05, 0.1) is 0 Å². The molecule has 0 aromatic carbocycles. The van der Waals surface area contributed by atoms with Gasteiger partial charge in [-0.25, -0.2) is 12.7 Å². The van der Waals surface area contributed by atoms with Crippen molar-refractivity contribution in [2.75, 3.05) is 25.4 Å². The molecule has 1 amide bonds. The van der Waals surface area contributed by atoms with E-state index in [1.807, 2.05) is 6.92 Å². The highest BCUT2D eigenvalue weighted by Gasteiger charge is 2.22. The molecule has 0 saturated carbocycles. The van der Waals surface area contributed by atoms with E-state index in [0.717, 1.165) is 0 Å². The first-order valence-electron chi connectivity index (χ1n) is 5.83. The van der Waals surface area contributed by atoms with Crippen molar-refractivity contribution in [3.05, 3.63) is 0 Å². The summed E-state index contributed by atoms with van der Waals surface area (Å²) in [4.78, 5) is 11.4. The molecule has 1 unspecified atom stereocenters. The number of sulfonamides is 1. The van der Waals surface area contributed by atoms with E-state index < -0.39 is 21.7 Å². The number of amides is 1. The van der Waals surface area contributed by atoms with E-state index in [1.54, 1.807) is 13.8 Å². The van der Waals surface area contributed by atoms with Crippen molar-refractivity contribution in [1.82, 2.24) is 9.62 Å². The summed E-state index contributed by atoms with van der Waals surface area (Å²) in [7, 11) is -3.48. The van der Waals surface area contributed by atoms with Crippen LogP contribution >= 0.6 is 0 Å². The SMILES string of the molecule is CCN(CC)S(=O)(=O)CC(=O)NCCC(C)N. The minimum absolute atomic E-state index is 0.00492. The van der Waals surface area contributed by atoms with Crippen molar-refractivity contribution < 1.29 is 13.2 Å². The smallest absolute Gasteiger partial charge is 0.236 e. The van der Waals surface area contributed by atoms with Gasteiger partial charge in [0, 0.05) is 25.7 Å². The van der Waals surface area contributed by atoms with Gasteiger partial charge >= 0.3 is 0 Å². The molecule has 6 nitrogen and oxygen atoms in total. The van der Waals surface area contributed by atoms with Gasteiger partial charge in [0.2, 0.25) is 15.9 Å². The summed E-state index contributed by atoms with van der Waals surface area (Å²) in [6.45, 7) is 6.49. The maximum absolute atomic E-state index is 11.7. The molecule has 0 saturated heterocycles. The van der Waals surface area contributed by atoms with E-state index in [1.165, 1.54) is 4.31 Å². The molecule has 0 bridgehead atoms. The van der Waals surface area contributed by atoms with Crippen LogP contribution in [0.2, 0.25) is 0 Å². The van der Waals surface area contributed by atoms with Crippen LogP contribution in [0.3, 0.4) is 0 Å². The molecule has 0 heterocycles. The van der Waals surface area contributed by atoms with Crippen molar-refractivity contribution in [2.24, 2.45) is 5.73 Å². The van der Waals surface area contributed by atoms with E-state index in [9.17, 15) is 13.2 Å². The first-order valence-corrected chi connectivity index (χ1v) is 7.44. The first kappa shape index (κ1) is 16.3. The Hall–Kier alpha value is -0.660. The highest BCUT2D eigenvalue weighted by atomic mass is 32.2. The predicted molar refractivity (Wildman–Crippen MR) is 68.0 cm³/mol. The van der Waals surface area contributed by atoms with Crippen LogP contribution in [-0.4, -0.2) is 50.1 Å². The molecule has 0 fully saturated rings. The number of carbonyl (C=O) groups excluding carboxylic acids is 1. The van der Waals surface area contributed by atoms with Crippen molar-refractivity contribution in [1.29, 1.82) is 0 Å². The van der Waals surface area contributed by atoms with Crippen LogP contribution in [0.1, 0.15) is 27.2 Å². The molecular weight excluding hydrogens is 242 g/mol. The largest absolute Gasteiger partial charge is 0.355 e. The Morgan fingerprint density at radius 3 is 2.29 bits per heavy atom. The topological polar surface area (TPSA) is 92.5 Å². The maximum Gasteiger partial charge on any atom is 0.236 e. The fourth-order valence-electron chi connectivity index (χ4n) is 1.36. The normalized spacial score (nSPS) is 13.7. The van der Waals surface area contributed by atoms with Crippen LogP contribution in [0.15, 0.2) is 0 Å². The highest BCUT2D eigenvalue weighted by molar-refractivity contribution is 7.89. The number of hydrogen-bond acceptors (Lipinski definition) is 4. The summed E-state index contributed by atoms with van der Waals surface area (Å²) >= 11 is 0. The average molecular weight is 265 g/mol. The molecule has 7 heteroatoms. The molecule has 102 valence electrons. The summed E-state index contributed by atoms with van der Waals surface area (Å²) in [5, 5.41) is 2.55. The Bertz CT molecular complexity index is 324. The average Bonchev–Trinajstić information content (AvgIpc) is 2.17. The van der Waals surface area contributed by atoms with Gasteiger partial charge in [0.1, 0.15) is 5.75 Å². The van der Waals surface area contributed by atoms with Crippen LogP contribution in [0.4, 0.5) is 0 Å². The Balaban J connectivity index is 4.19. The van der Waals surface area contributed by atoms with Crippen LogP contribution in [-0.2, 0) is 14.8 Å². The lowest BCUT2D eigenvalue weighted by Crippen LogP contribution is -2.40. The van der Waals surface area contributed by atoms with Gasteiger partial charge in [-0.2, -0.15) is 0 Å². The second-order valence-electron chi connectivity index (χ2n) is 3.96. The summed E-state index contributed by atoms with van der Waals surface area (Å²) in [6.07, 6.45) is 0.636. The van der Waals surface area contributed by atoms with Crippen LogP contribution in [0.5, 0.6) is 0 Å².